The highest BCUT2D eigenvalue weighted by Gasteiger charge is 2.31. The fourth-order valence-electron chi connectivity index (χ4n) is 2.83. The van der Waals surface area contributed by atoms with Crippen LogP contribution in [0, 0.1) is 5.92 Å². The molecular formula is C14H29NO2. The smallest absolute Gasteiger partial charge is 0.0774 e. The molecule has 0 aromatic heterocycles. The lowest BCUT2D eigenvalue weighted by Gasteiger charge is -2.35. The molecule has 0 aromatic carbocycles. The molecule has 0 bridgehead atoms. The van der Waals surface area contributed by atoms with E-state index in [0.29, 0.717) is 12.5 Å². The Kier molecular flexibility index (Phi) is 7.09. The number of aliphatic hydroxyl groups excluding tert-OH is 1. The molecule has 0 aromatic rings. The molecule has 0 heterocycles. The summed E-state index contributed by atoms with van der Waals surface area (Å²) < 4.78 is 0. The highest BCUT2D eigenvalue weighted by atomic mass is 16.3. The van der Waals surface area contributed by atoms with E-state index in [1.165, 1.54) is 12.8 Å². The Bertz CT molecular complexity index is 199. The summed E-state index contributed by atoms with van der Waals surface area (Å²) in [7, 11) is 0. The minimum atomic E-state index is -0.456. The molecule has 1 fully saturated rings. The molecule has 17 heavy (non-hydrogen) atoms. The van der Waals surface area contributed by atoms with Crippen molar-refractivity contribution in [1.82, 2.24) is 5.32 Å². The van der Waals surface area contributed by atoms with Crippen LogP contribution in [0.2, 0.25) is 0 Å². The van der Waals surface area contributed by atoms with Gasteiger partial charge in [0.1, 0.15) is 0 Å². The summed E-state index contributed by atoms with van der Waals surface area (Å²) in [6.07, 6.45) is 8.67. The largest absolute Gasteiger partial charge is 0.396 e. The van der Waals surface area contributed by atoms with Crippen LogP contribution in [0.4, 0.5) is 0 Å². The van der Waals surface area contributed by atoms with Gasteiger partial charge in [0.2, 0.25) is 0 Å². The van der Waals surface area contributed by atoms with Gasteiger partial charge in [-0.25, -0.2) is 0 Å². The third kappa shape index (κ3) is 6.39. The van der Waals surface area contributed by atoms with Gasteiger partial charge in [0.15, 0.2) is 0 Å². The zero-order chi connectivity index (χ0) is 12.6. The van der Waals surface area contributed by atoms with Gasteiger partial charge >= 0.3 is 0 Å². The predicted molar refractivity (Wildman–Crippen MR) is 71.0 cm³/mol. The van der Waals surface area contributed by atoms with Crippen molar-refractivity contribution in [2.75, 3.05) is 19.7 Å². The first-order chi connectivity index (χ1) is 8.16. The number of rotatable bonds is 8. The van der Waals surface area contributed by atoms with Gasteiger partial charge in [0, 0.05) is 13.2 Å². The minimum Gasteiger partial charge on any atom is -0.396 e. The van der Waals surface area contributed by atoms with Crippen LogP contribution in [0.25, 0.3) is 0 Å². The van der Waals surface area contributed by atoms with Crippen molar-refractivity contribution in [3.63, 3.8) is 0 Å². The van der Waals surface area contributed by atoms with E-state index in [0.717, 1.165) is 51.6 Å². The molecule has 1 saturated carbocycles. The first-order valence-electron chi connectivity index (χ1n) is 7.20. The van der Waals surface area contributed by atoms with Gasteiger partial charge in [0.05, 0.1) is 5.60 Å². The normalized spacial score (nSPS) is 29.5. The lowest BCUT2D eigenvalue weighted by Crippen LogP contribution is -2.44. The SMILES string of the molecule is CC1CCCC(O)(CNCCCCCCO)C1. The first kappa shape index (κ1) is 14.9. The molecule has 0 saturated heterocycles. The van der Waals surface area contributed by atoms with Crippen molar-refractivity contribution in [2.24, 2.45) is 5.92 Å². The van der Waals surface area contributed by atoms with E-state index >= 15 is 0 Å². The van der Waals surface area contributed by atoms with Gasteiger partial charge in [0.25, 0.3) is 0 Å². The third-order valence-electron chi connectivity index (χ3n) is 3.78. The molecule has 3 heteroatoms. The summed E-state index contributed by atoms with van der Waals surface area (Å²) in [4.78, 5) is 0. The molecular weight excluding hydrogens is 214 g/mol. The lowest BCUT2D eigenvalue weighted by molar-refractivity contribution is -0.0115. The number of aliphatic hydroxyl groups is 2. The summed E-state index contributed by atoms with van der Waals surface area (Å²) in [5.74, 6) is 0.667. The lowest BCUT2D eigenvalue weighted by atomic mass is 9.79. The minimum absolute atomic E-state index is 0.311. The summed E-state index contributed by atoms with van der Waals surface area (Å²) >= 11 is 0. The summed E-state index contributed by atoms with van der Waals surface area (Å²) in [6.45, 7) is 4.28. The van der Waals surface area contributed by atoms with E-state index in [2.05, 4.69) is 12.2 Å². The maximum Gasteiger partial charge on any atom is 0.0774 e. The van der Waals surface area contributed by atoms with Crippen molar-refractivity contribution in [3.05, 3.63) is 0 Å². The Morgan fingerprint density at radius 1 is 1.24 bits per heavy atom. The number of unbranched alkanes of at least 4 members (excludes halogenated alkanes) is 3. The van der Waals surface area contributed by atoms with Crippen molar-refractivity contribution >= 4 is 0 Å². The van der Waals surface area contributed by atoms with Crippen LogP contribution in [-0.2, 0) is 0 Å². The first-order valence-corrected chi connectivity index (χ1v) is 7.20. The quantitative estimate of drug-likeness (QED) is 0.572. The number of hydrogen-bond acceptors (Lipinski definition) is 3. The van der Waals surface area contributed by atoms with Crippen molar-refractivity contribution in [1.29, 1.82) is 0 Å². The van der Waals surface area contributed by atoms with Gasteiger partial charge in [-0.2, -0.15) is 0 Å². The van der Waals surface area contributed by atoms with Gasteiger partial charge in [-0.1, -0.05) is 32.6 Å². The fourth-order valence-corrected chi connectivity index (χ4v) is 2.83. The zero-order valence-electron chi connectivity index (χ0n) is 11.2. The monoisotopic (exact) mass is 243 g/mol. The maximum absolute atomic E-state index is 10.4. The second-order valence-electron chi connectivity index (χ2n) is 5.74. The second-order valence-corrected chi connectivity index (χ2v) is 5.74. The van der Waals surface area contributed by atoms with E-state index in [1.807, 2.05) is 0 Å². The molecule has 102 valence electrons. The topological polar surface area (TPSA) is 52.5 Å². The van der Waals surface area contributed by atoms with E-state index < -0.39 is 5.60 Å². The van der Waals surface area contributed by atoms with E-state index in [4.69, 9.17) is 5.11 Å². The summed E-state index contributed by atoms with van der Waals surface area (Å²) in [5, 5.41) is 22.4. The highest BCUT2D eigenvalue weighted by Crippen LogP contribution is 2.31. The van der Waals surface area contributed by atoms with Crippen LogP contribution in [0.15, 0.2) is 0 Å². The van der Waals surface area contributed by atoms with Crippen molar-refractivity contribution in [3.8, 4) is 0 Å². The highest BCUT2D eigenvalue weighted by molar-refractivity contribution is 4.86. The Hall–Kier alpha value is -0.120. The standard InChI is InChI=1S/C14H29NO2/c1-13-7-6-8-14(17,11-13)12-15-9-4-2-3-5-10-16/h13,15-17H,2-12H2,1H3. The number of hydrogen-bond donors (Lipinski definition) is 3. The van der Waals surface area contributed by atoms with Crippen molar-refractivity contribution < 1.29 is 10.2 Å². The average Bonchev–Trinajstić information content (AvgIpc) is 2.27. The Labute approximate surface area is 106 Å². The van der Waals surface area contributed by atoms with Crippen LogP contribution in [0.5, 0.6) is 0 Å². The molecule has 2 atom stereocenters. The molecule has 2 unspecified atom stereocenters. The van der Waals surface area contributed by atoms with E-state index in [1.54, 1.807) is 0 Å². The average molecular weight is 243 g/mol. The Morgan fingerprint density at radius 3 is 2.71 bits per heavy atom. The Morgan fingerprint density at radius 2 is 2.00 bits per heavy atom. The van der Waals surface area contributed by atoms with Crippen LogP contribution in [-0.4, -0.2) is 35.5 Å². The van der Waals surface area contributed by atoms with Gasteiger partial charge in [-0.3, -0.25) is 0 Å². The molecule has 0 radical (unpaired) electrons. The van der Waals surface area contributed by atoms with Crippen LogP contribution >= 0.6 is 0 Å². The van der Waals surface area contributed by atoms with Gasteiger partial charge < -0.3 is 15.5 Å². The summed E-state index contributed by atoms with van der Waals surface area (Å²) in [5.41, 5.74) is -0.456. The predicted octanol–water partition coefficient (Wildman–Crippen LogP) is 2.07. The Balaban J connectivity index is 2.01. The van der Waals surface area contributed by atoms with Gasteiger partial charge in [-0.15, -0.1) is 0 Å². The molecule has 0 spiro atoms. The molecule has 3 nitrogen and oxygen atoms in total. The molecule has 1 aliphatic rings. The van der Waals surface area contributed by atoms with E-state index in [-0.39, 0.29) is 0 Å². The van der Waals surface area contributed by atoms with Gasteiger partial charge in [-0.05, 0) is 38.1 Å². The summed E-state index contributed by atoms with van der Waals surface area (Å²) in [6, 6.07) is 0. The molecule has 1 aliphatic carbocycles. The second kappa shape index (κ2) is 8.06. The van der Waals surface area contributed by atoms with Crippen LogP contribution in [0.3, 0.4) is 0 Å². The van der Waals surface area contributed by atoms with Crippen LogP contribution < -0.4 is 5.32 Å². The molecule has 0 amide bonds. The number of nitrogens with one attached hydrogen (secondary N) is 1. The zero-order valence-corrected chi connectivity index (χ0v) is 11.2. The molecule has 0 aliphatic heterocycles. The maximum atomic E-state index is 10.4. The fraction of sp³-hybridized carbons (Fsp3) is 1.00. The van der Waals surface area contributed by atoms with Crippen LogP contribution in [0.1, 0.15) is 58.3 Å². The molecule has 3 N–H and O–H groups in total. The van der Waals surface area contributed by atoms with E-state index in [9.17, 15) is 5.11 Å². The molecule has 1 rings (SSSR count). The third-order valence-corrected chi connectivity index (χ3v) is 3.78. The van der Waals surface area contributed by atoms with Crippen molar-refractivity contribution in [2.45, 2.75) is 63.9 Å².